The fourth-order valence-electron chi connectivity index (χ4n) is 1.88. The van der Waals surface area contributed by atoms with Gasteiger partial charge in [0.25, 0.3) is 0 Å². The van der Waals surface area contributed by atoms with Crippen molar-refractivity contribution in [3.05, 3.63) is 65.2 Å². The Balaban J connectivity index is 2.04. The van der Waals surface area contributed by atoms with Gasteiger partial charge in [0.2, 0.25) is 0 Å². The van der Waals surface area contributed by atoms with E-state index in [1.165, 1.54) is 0 Å². The van der Waals surface area contributed by atoms with E-state index in [-0.39, 0.29) is 5.78 Å². The van der Waals surface area contributed by atoms with Crippen molar-refractivity contribution in [2.75, 3.05) is 5.75 Å². The van der Waals surface area contributed by atoms with E-state index >= 15 is 0 Å². The zero-order valence-electron chi connectivity index (χ0n) is 10.6. The third-order valence-corrected chi connectivity index (χ3v) is 3.67. The molecule has 0 atom stereocenters. The van der Waals surface area contributed by atoms with E-state index in [1.807, 2.05) is 56.3 Å². The molecule has 2 aromatic carbocycles. The molecule has 0 spiro atoms. The average molecular weight is 256 g/mol. The first kappa shape index (κ1) is 12.9. The molecule has 0 amide bonds. The second-order valence-corrected chi connectivity index (χ2v) is 5.45. The molecular formula is C16H16OS. The Hall–Kier alpha value is -1.54. The highest BCUT2D eigenvalue weighted by Crippen LogP contribution is 2.19. The van der Waals surface area contributed by atoms with Crippen molar-refractivity contribution in [1.29, 1.82) is 0 Å². The standard InChI is InChI=1S/C16H16OS/c1-12-8-13(2)10-14(9-12)16(17)11-18-15-6-4-3-5-7-15/h3-10H,11H2,1-2H3. The van der Waals surface area contributed by atoms with Crippen LogP contribution in [0.4, 0.5) is 0 Å². The van der Waals surface area contributed by atoms with Crippen LogP contribution in [0.2, 0.25) is 0 Å². The van der Waals surface area contributed by atoms with Crippen LogP contribution in [-0.2, 0) is 0 Å². The molecule has 0 radical (unpaired) electrons. The Morgan fingerprint density at radius 2 is 1.61 bits per heavy atom. The van der Waals surface area contributed by atoms with Crippen molar-refractivity contribution in [1.82, 2.24) is 0 Å². The third kappa shape index (κ3) is 3.47. The third-order valence-electron chi connectivity index (χ3n) is 2.66. The van der Waals surface area contributed by atoms with Crippen LogP contribution in [0.15, 0.2) is 53.4 Å². The first-order chi connectivity index (χ1) is 8.65. The van der Waals surface area contributed by atoms with E-state index in [4.69, 9.17) is 0 Å². The molecule has 0 N–H and O–H groups in total. The van der Waals surface area contributed by atoms with Crippen molar-refractivity contribution in [2.24, 2.45) is 0 Å². The molecule has 2 heteroatoms. The van der Waals surface area contributed by atoms with Gasteiger partial charge >= 0.3 is 0 Å². The number of carbonyl (C=O) groups is 1. The summed E-state index contributed by atoms with van der Waals surface area (Å²) in [6.45, 7) is 4.04. The number of benzene rings is 2. The Morgan fingerprint density at radius 1 is 1.00 bits per heavy atom. The van der Waals surface area contributed by atoms with Crippen molar-refractivity contribution in [3.63, 3.8) is 0 Å². The van der Waals surface area contributed by atoms with Crippen molar-refractivity contribution >= 4 is 17.5 Å². The molecule has 92 valence electrons. The number of hydrogen-bond donors (Lipinski definition) is 0. The van der Waals surface area contributed by atoms with Crippen LogP contribution in [0, 0.1) is 13.8 Å². The number of aryl methyl sites for hydroxylation is 2. The molecular weight excluding hydrogens is 240 g/mol. The lowest BCUT2D eigenvalue weighted by Gasteiger charge is -2.04. The summed E-state index contributed by atoms with van der Waals surface area (Å²) in [4.78, 5) is 13.2. The fraction of sp³-hybridized carbons (Fsp3) is 0.188. The van der Waals surface area contributed by atoms with Crippen LogP contribution in [-0.4, -0.2) is 11.5 Å². The number of Topliss-reactive ketones (excluding diaryl/α,β-unsaturated/α-hetero) is 1. The molecule has 0 heterocycles. The minimum Gasteiger partial charge on any atom is -0.293 e. The molecule has 0 aliphatic carbocycles. The van der Waals surface area contributed by atoms with Crippen molar-refractivity contribution in [2.45, 2.75) is 18.7 Å². The van der Waals surface area contributed by atoms with Gasteiger partial charge in [0.05, 0.1) is 5.75 Å². The number of carbonyl (C=O) groups excluding carboxylic acids is 1. The summed E-state index contributed by atoms with van der Waals surface area (Å²) in [5.74, 6) is 0.683. The van der Waals surface area contributed by atoms with E-state index in [9.17, 15) is 4.79 Å². The topological polar surface area (TPSA) is 17.1 Å². The molecule has 0 saturated carbocycles. The highest BCUT2D eigenvalue weighted by molar-refractivity contribution is 8.00. The Morgan fingerprint density at radius 3 is 2.22 bits per heavy atom. The molecule has 0 bridgehead atoms. The summed E-state index contributed by atoms with van der Waals surface area (Å²) in [7, 11) is 0. The molecule has 18 heavy (non-hydrogen) atoms. The summed E-state index contributed by atoms with van der Waals surface area (Å²) in [6, 6.07) is 16.0. The summed E-state index contributed by atoms with van der Waals surface area (Å²) in [5.41, 5.74) is 3.10. The van der Waals surface area contributed by atoms with Gasteiger partial charge in [-0.25, -0.2) is 0 Å². The van der Waals surface area contributed by atoms with Crippen LogP contribution in [0.1, 0.15) is 21.5 Å². The lowest BCUT2D eigenvalue weighted by atomic mass is 10.1. The highest BCUT2D eigenvalue weighted by atomic mass is 32.2. The molecule has 1 nitrogen and oxygen atoms in total. The second-order valence-electron chi connectivity index (χ2n) is 4.40. The number of hydrogen-bond acceptors (Lipinski definition) is 2. The van der Waals surface area contributed by atoms with Gasteiger partial charge < -0.3 is 0 Å². The first-order valence-electron chi connectivity index (χ1n) is 5.94. The maximum Gasteiger partial charge on any atom is 0.173 e. The lowest BCUT2D eigenvalue weighted by Crippen LogP contribution is -2.03. The molecule has 2 rings (SSSR count). The van der Waals surface area contributed by atoms with Gasteiger partial charge in [-0.05, 0) is 38.1 Å². The normalized spacial score (nSPS) is 10.3. The van der Waals surface area contributed by atoms with Gasteiger partial charge in [-0.1, -0.05) is 35.4 Å². The molecule has 2 aromatic rings. The largest absolute Gasteiger partial charge is 0.293 e. The van der Waals surface area contributed by atoms with Crippen LogP contribution < -0.4 is 0 Å². The zero-order valence-corrected chi connectivity index (χ0v) is 11.5. The number of ketones is 1. The Kier molecular flexibility index (Phi) is 4.21. The highest BCUT2D eigenvalue weighted by Gasteiger charge is 2.07. The molecule has 0 fully saturated rings. The molecule has 0 aromatic heterocycles. The molecule has 0 aliphatic heterocycles. The van der Waals surface area contributed by atoms with E-state index in [1.54, 1.807) is 11.8 Å². The maximum absolute atomic E-state index is 12.1. The van der Waals surface area contributed by atoms with Gasteiger partial charge in [-0.2, -0.15) is 0 Å². The van der Waals surface area contributed by atoms with Crippen LogP contribution in [0.25, 0.3) is 0 Å². The zero-order chi connectivity index (χ0) is 13.0. The van der Waals surface area contributed by atoms with Gasteiger partial charge in [0.1, 0.15) is 0 Å². The SMILES string of the molecule is Cc1cc(C)cc(C(=O)CSc2ccccc2)c1. The Labute approximate surface area is 112 Å². The van der Waals surface area contributed by atoms with Crippen LogP contribution in [0.3, 0.4) is 0 Å². The monoisotopic (exact) mass is 256 g/mol. The summed E-state index contributed by atoms with van der Waals surface area (Å²) in [6.07, 6.45) is 0. The van der Waals surface area contributed by atoms with E-state index in [0.717, 1.165) is 21.6 Å². The quantitative estimate of drug-likeness (QED) is 0.600. The summed E-state index contributed by atoms with van der Waals surface area (Å²) >= 11 is 1.59. The predicted molar refractivity (Wildman–Crippen MR) is 77.4 cm³/mol. The van der Waals surface area contributed by atoms with Gasteiger partial charge in [0, 0.05) is 10.5 Å². The van der Waals surface area contributed by atoms with Crippen LogP contribution >= 0.6 is 11.8 Å². The second kappa shape index (κ2) is 5.87. The minimum atomic E-state index is 0.190. The van der Waals surface area contributed by atoms with Gasteiger partial charge in [-0.3, -0.25) is 4.79 Å². The molecule has 0 unspecified atom stereocenters. The molecule has 0 aliphatic rings. The minimum absolute atomic E-state index is 0.190. The first-order valence-corrected chi connectivity index (χ1v) is 6.93. The number of thioether (sulfide) groups is 1. The van der Waals surface area contributed by atoms with Gasteiger partial charge in [-0.15, -0.1) is 11.8 Å². The van der Waals surface area contributed by atoms with Crippen molar-refractivity contribution < 1.29 is 4.79 Å². The number of rotatable bonds is 4. The van der Waals surface area contributed by atoms with Crippen molar-refractivity contribution in [3.8, 4) is 0 Å². The summed E-state index contributed by atoms with van der Waals surface area (Å²) < 4.78 is 0. The van der Waals surface area contributed by atoms with E-state index in [2.05, 4.69) is 6.07 Å². The van der Waals surface area contributed by atoms with E-state index in [0.29, 0.717) is 5.75 Å². The Bertz CT molecular complexity index is 526. The maximum atomic E-state index is 12.1. The molecule has 0 saturated heterocycles. The fourth-order valence-corrected chi connectivity index (χ4v) is 2.70. The lowest BCUT2D eigenvalue weighted by molar-refractivity contribution is 0.102. The van der Waals surface area contributed by atoms with Crippen LogP contribution in [0.5, 0.6) is 0 Å². The van der Waals surface area contributed by atoms with Gasteiger partial charge in [0.15, 0.2) is 5.78 Å². The average Bonchev–Trinajstić information content (AvgIpc) is 2.36. The summed E-state index contributed by atoms with van der Waals surface area (Å²) in [5, 5.41) is 0. The predicted octanol–water partition coefficient (Wildman–Crippen LogP) is 4.28. The smallest absolute Gasteiger partial charge is 0.173 e. The van der Waals surface area contributed by atoms with E-state index < -0.39 is 0 Å².